The number of ketones is 1. The van der Waals surface area contributed by atoms with Gasteiger partial charge in [0.1, 0.15) is 16.8 Å². The Labute approximate surface area is 157 Å². The van der Waals surface area contributed by atoms with Crippen molar-refractivity contribution in [1.82, 2.24) is 14.5 Å². The van der Waals surface area contributed by atoms with Gasteiger partial charge in [0.05, 0.1) is 5.69 Å². The van der Waals surface area contributed by atoms with Crippen LogP contribution in [-0.2, 0) is 30.6 Å². The van der Waals surface area contributed by atoms with Crippen LogP contribution in [0.5, 0.6) is 0 Å². The molecule has 0 saturated carbocycles. The fourth-order valence-corrected chi connectivity index (χ4v) is 3.50. The standard InChI is InChI=1S/C21H20ClN3O/c22-20-9-7-16(13-23-20)12-18(26)8-6-15-3-1-4-17(11-15)19-14-25-10-2-5-21(25)24-19/h1,3-4,7,9,11,13-14H,2,5-6,8,10,12H2. The minimum absolute atomic E-state index is 0.209. The minimum atomic E-state index is 0.209. The number of pyridine rings is 1. The molecule has 0 unspecified atom stereocenters. The maximum Gasteiger partial charge on any atom is 0.137 e. The number of nitrogens with zero attached hydrogens (tertiary/aromatic N) is 3. The monoisotopic (exact) mass is 365 g/mol. The lowest BCUT2D eigenvalue weighted by atomic mass is 10.0. The summed E-state index contributed by atoms with van der Waals surface area (Å²) in [5, 5.41) is 0.447. The fourth-order valence-electron chi connectivity index (χ4n) is 3.39. The lowest BCUT2D eigenvalue weighted by Gasteiger charge is -2.04. The summed E-state index contributed by atoms with van der Waals surface area (Å²) >= 11 is 5.78. The van der Waals surface area contributed by atoms with Gasteiger partial charge in [0, 0.05) is 43.8 Å². The van der Waals surface area contributed by atoms with Crippen LogP contribution in [0.15, 0.2) is 48.8 Å². The first-order valence-corrected chi connectivity index (χ1v) is 9.33. The maximum absolute atomic E-state index is 12.2. The molecule has 4 nitrogen and oxygen atoms in total. The number of hydrogen-bond acceptors (Lipinski definition) is 3. The first-order valence-electron chi connectivity index (χ1n) is 8.95. The summed E-state index contributed by atoms with van der Waals surface area (Å²) in [7, 11) is 0. The predicted molar refractivity (Wildman–Crippen MR) is 102 cm³/mol. The molecule has 0 fully saturated rings. The van der Waals surface area contributed by atoms with Crippen molar-refractivity contribution in [2.24, 2.45) is 0 Å². The van der Waals surface area contributed by atoms with Gasteiger partial charge >= 0.3 is 0 Å². The van der Waals surface area contributed by atoms with Crippen LogP contribution >= 0.6 is 11.6 Å². The van der Waals surface area contributed by atoms with E-state index >= 15 is 0 Å². The van der Waals surface area contributed by atoms with Gasteiger partial charge in [0.25, 0.3) is 0 Å². The number of carbonyl (C=O) groups is 1. The van der Waals surface area contributed by atoms with Crippen molar-refractivity contribution >= 4 is 17.4 Å². The lowest BCUT2D eigenvalue weighted by Crippen LogP contribution is -2.04. The molecule has 0 saturated heterocycles. The molecular formula is C21H20ClN3O. The number of fused-ring (bicyclic) bond motifs is 1. The molecule has 1 aromatic carbocycles. The van der Waals surface area contributed by atoms with Gasteiger partial charge in [-0.3, -0.25) is 4.79 Å². The van der Waals surface area contributed by atoms with Crippen molar-refractivity contribution in [3.05, 3.63) is 70.9 Å². The van der Waals surface area contributed by atoms with Gasteiger partial charge in [0.15, 0.2) is 0 Å². The number of benzene rings is 1. The molecule has 0 radical (unpaired) electrons. The van der Waals surface area contributed by atoms with Crippen LogP contribution in [0.3, 0.4) is 0 Å². The molecule has 2 aromatic heterocycles. The number of imidazole rings is 1. The normalized spacial score (nSPS) is 13.0. The topological polar surface area (TPSA) is 47.8 Å². The van der Waals surface area contributed by atoms with Crippen molar-refractivity contribution in [3.63, 3.8) is 0 Å². The Morgan fingerprint density at radius 2 is 2.12 bits per heavy atom. The highest BCUT2D eigenvalue weighted by Crippen LogP contribution is 2.24. The van der Waals surface area contributed by atoms with Crippen molar-refractivity contribution in [2.45, 2.75) is 38.6 Å². The fraction of sp³-hybridized carbons (Fsp3) is 0.286. The number of carbonyl (C=O) groups excluding carboxylic acids is 1. The van der Waals surface area contributed by atoms with Gasteiger partial charge < -0.3 is 4.57 Å². The summed E-state index contributed by atoms with van der Waals surface area (Å²) in [6.07, 6.45) is 7.71. The third kappa shape index (κ3) is 3.86. The van der Waals surface area contributed by atoms with E-state index in [-0.39, 0.29) is 5.78 Å². The Balaban J connectivity index is 1.39. The van der Waals surface area contributed by atoms with Crippen LogP contribution in [0.4, 0.5) is 0 Å². The molecule has 5 heteroatoms. The highest BCUT2D eigenvalue weighted by Gasteiger charge is 2.14. The zero-order chi connectivity index (χ0) is 17.9. The molecule has 4 rings (SSSR count). The Bertz CT molecular complexity index is 909. The summed E-state index contributed by atoms with van der Waals surface area (Å²) in [6.45, 7) is 1.07. The van der Waals surface area contributed by atoms with Crippen LogP contribution in [-0.4, -0.2) is 20.3 Å². The molecule has 1 aliphatic heterocycles. The van der Waals surface area contributed by atoms with E-state index in [9.17, 15) is 4.79 Å². The molecule has 26 heavy (non-hydrogen) atoms. The average molecular weight is 366 g/mol. The molecule has 0 aliphatic carbocycles. The second-order valence-corrected chi connectivity index (χ2v) is 7.13. The van der Waals surface area contributed by atoms with Crippen molar-refractivity contribution in [2.75, 3.05) is 0 Å². The summed E-state index contributed by atoms with van der Waals surface area (Å²) in [5.74, 6) is 1.39. The zero-order valence-electron chi connectivity index (χ0n) is 14.5. The van der Waals surface area contributed by atoms with Crippen LogP contribution in [0.25, 0.3) is 11.3 Å². The van der Waals surface area contributed by atoms with Crippen molar-refractivity contribution < 1.29 is 4.79 Å². The highest BCUT2D eigenvalue weighted by atomic mass is 35.5. The first-order chi connectivity index (χ1) is 12.7. The molecule has 0 N–H and O–H groups in total. The van der Waals surface area contributed by atoms with E-state index in [1.165, 1.54) is 17.8 Å². The Kier molecular flexibility index (Phi) is 4.85. The van der Waals surface area contributed by atoms with Crippen LogP contribution in [0.1, 0.15) is 29.8 Å². The molecular weight excluding hydrogens is 346 g/mol. The second-order valence-electron chi connectivity index (χ2n) is 6.74. The molecule has 0 spiro atoms. The van der Waals surface area contributed by atoms with E-state index in [1.54, 1.807) is 12.3 Å². The van der Waals surface area contributed by atoms with Crippen LogP contribution < -0.4 is 0 Å². The van der Waals surface area contributed by atoms with E-state index in [1.807, 2.05) is 12.1 Å². The molecule has 132 valence electrons. The van der Waals surface area contributed by atoms with Gasteiger partial charge in [-0.2, -0.15) is 0 Å². The van der Waals surface area contributed by atoms with Gasteiger partial charge in [-0.05, 0) is 36.1 Å². The maximum atomic E-state index is 12.2. The van der Waals surface area contributed by atoms with E-state index in [0.717, 1.165) is 36.2 Å². The van der Waals surface area contributed by atoms with E-state index in [4.69, 9.17) is 16.6 Å². The molecule has 3 aromatic rings. The minimum Gasteiger partial charge on any atom is -0.334 e. The van der Waals surface area contributed by atoms with Gasteiger partial charge in [-0.25, -0.2) is 9.97 Å². The second kappa shape index (κ2) is 7.42. The summed E-state index contributed by atoms with van der Waals surface area (Å²) in [6, 6.07) is 11.9. The molecule has 0 bridgehead atoms. The highest BCUT2D eigenvalue weighted by molar-refractivity contribution is 6.29. The first kappa shape index (κ1) is 17.0. The molecule has 1 aliphatic rings. The Morgan fingerprint density at radius 3 is 2.92 bits per heavy atom. The number of Topliss-reactive ketones (excluding diaryl/α,β-unsaturated/α-hetero) is 1. The van der Waals surface area contributed by atoms with Crippen molar-refractivity contribution in [1.29, 1.82) is 0 Å². The van der Waals surface area contributed by atoms with Crippen molar-refractivity contribution in [3.8, 4) is 11.3 Å². The number of aromatic nitrogens is 3. The van der Waals surface area contributed by atoms with E-state index in [2.05, 4.69) is 33.9 Å². The van der Waals surface area contributed by atoms with Gasteiger partial charge in [-0.1, -0.05) is 35.9 Å². The summed E-state index contributed by atoms with van der Waals surface area (Å²) < 4.78 is 2.24. The lowest BCUT2D eigenvalue weighted by molar-refractivity contribution is -0.118. The summed E-state index contributed by atoms with van der Waals surface area (Å²) in [5.41, 5.74) is 4.22. The Hall–Kier alpha value is -2.46. The predicted octanol–water partition coefficient (Wildman–Crippen LogP) is 4.29. The van der Waals surface area contributed by atoms with Gasteiger partial charge in [-0.15, -0.1) is 0 Å². The van der Waals surface area contributed by atoms with Crippen LogP contribution in [0.2, 0.25) is 5.15 Å². The third-order valence-electron chi connectivity index (χ3n) is 4.76. The average Bonchev–Trinajstić information content (AvgIpc) is 3.24. The molecule has 0 amide bonds. The van der Waals surface area contributed by atoms with Gasteiger partial charge in [0.2, 0.25) is 0 Å². The van der Waals surface area contributed by atoms with E-state index < -0.39 is 0 Å². The largest absolute Gasteiger partial charge is 0.334 e. The molecule has 3 heterocycles. The smallest absolute Gasteiger partial charge is 0.137 e. The number of hydrogen-bond donors (Lipinski definition) is 0. The quantitative estimate of drug-likeness (QED) is 0.612. The Morgan fingerprint density at radius 1 is 1.19 bits per heavy atom. The number of halogens is 1. The number of rotatable bonds is 6. The molecule has 0 atom stereocenters. The summed E-state index contributed by atoms with van der Waals surface area (Å²) in [4.78, 5) is 21.0. The van der Waals surface area contributed by atoms with Crippen LogP contribution in [0, 0.1) is 0 Å². The number of aryl methyl sites for hydroxylation is 3. The SMILES string of the molecule is O=C(CCc1cccc(-c2cn3c(n2)CCC3)c1)Cc1ccc(Cl)nc1. The zero-order valence-corrected chi connectivity index (χ0v) is 15.2. The van der Waals surface area contributed by atoms with E-state index in [0.29, 0.717) is 18.0 Å². The third-order valence-corrected chi connectivity index (χ3v) is 4.99.